The van der Waals surface area contributed by atoms with Crippen LogP contribution in [-0.2, 0) is 4.74 Å². The zero-order chi connectivity index (χ0) is 18.5. The van der Waals surface area contributed by atoms with Crippen LogP contribution >= 0.6 is 0 Å². The van der Waals surface area contributed by atoms with E-state index in [-0.39, 0.29) is 24.8 Å². The van der Waals surface area contributed by atoms with Crippen molar-refractivity contribution < 1.29 is 23.8 Å². The lowest BCUT2D eigenvalue weighted by Gasteiger charge is -2.15. The Kier molecular flexibility index (Phi) is 5.26. The standard InChI is InChI=1S/C19H20N2O5/c1-3-24-18(22)13-4-7-15(8-5-13)21-19(23)20-12(2)14-6-9-16-17(10-14)26-11-25-16/h4-10,12H,3,11H2,1-2H3,(H2,20,21,23). The van der Waals surface area contributed by atoms with E-state index >= 15 is 0 Å². The molecule has 0 saturated heterocycles. The summed E-state index contributed by atoms with van der Waals surface area (Å²) in [7, 11) is 0. The van der Waals surface area contributed by atoms with E-state index in [4.69, 9.17) is 14.2 Å². The maximum Gasteiger partial charge on any atom is 0.338 e. The SMILES string of the molecule is CCOC(=O)c1ccc(NC(=O)NC(C)c2ccc3c(c2)OCO3)cc1. The molecule has 1 atom stereocenters. The van der Waals surface area contributed by atoms with E-state index in [0.29, 0.717) is 29.4 Å². The normalized spacial score (nSPS) is 13.0. The van der Waals surface area contributed by atoms with E-state index in [1.165, 1.54) is 0 Å². The first-order chi connectivity index (χ1) is 12.6. The molecule has 0 saturated carbocycles. The van der Waals surface area contributed by atoms with Crippen LogP contribution in [-0.4, -0.2) is 25.4 Å². The van der Waals surface area contributed by atoms with E-state index in [0.717, 1.165) is 5.56 Å². The summed E-state index contributed by atoms with van der Waals surface area (Å²) < 4.78 is 15.6. The van der Waals surface area contributed by atoms with E-state index in [9.17, 15) is 9.59 Å². The average Bonchev–Trinajstić information content (AvgIpc) is 3.10. The molecule has 26 heavy (non-hydrogen) atoms. The number of ether oxygens (including phenoxy) is 3. The Morgan fingerprint density at radius 2 is 1.85 bits per heavy atom. The first-order valence-corrected chi connectivity index (χ1v) is 8.31. The van der Waals surface area contributed by atoms with Crippen LogP contribution < -0.4 is 20.1 Å². The summed E-state index contributed by atoms with van der Waals surface area (Å²) in [6, 6.07) is 11.5. The molecule has 0 bridgehead atoms. The Morgan fingerprint density at radius 3 is 2.58 bits per heavy atom. The number of carbonyl (C=O) groups excluding carboxylic acids is 2. The molecule has 2 amide bonds. The molecule has 1 aliphatic heterocycles. The van der Waals surface area contributed by atoms with Crippen molar-refractivity contribution in [3.63, 3.8) is 0 Å². The van der Waals surface area contributed by atoms with Crippen LogP contribution in [0.5, 0.6) is 11.5 Å². The van der Waals surface area contributed by atoms with Gasteiger partial charge in [-0.25, -0.2) is 9.59 Å². The van der Waals surface area contributed by atoms with Gasteiger partial charge < -0.3 is 24.8 Å². The minimum absolute atomic E-state index is 0.211. The van der Waals surface area contributed by atoms with Crippen molar-refractivity contribution in [2.24, 2.45) is 0 Å². The largest absolute Gasteiger partial charge is 0.462 e. The number of amides is 2. The second kappa shape index (κ2) is 7.77. The van der Waals surface area contributed by atoms with Gasteiger partial charge in [0.2, 0.25) is 6.79 Å². The van der Waals surface area contributed by atoms with E-state index in [1.54, 1.807) is 31.2 Å². The van der Waals surface area contributed by atoms with Crippen LogP contribution in [0.2, 0.25) is 0 Å². The molecule has 7 nitrogen and oxygen atoms in total. The second-order valence-corrected chi connectivity index (χ2v) is 5.73. The van der Waals surface area contributed by atoms with Crippen molar-refractivity contribution in [3.8, 4) is 11.5 Å². The van der Waals surface area contributed by atoms with E-state index < -0.39 is 0 Å². The van der Waals surface area contributed by atoms with Gasteiger partial charge in [-0.2, -0.15) is 0 Å². The third-order valence-corrected chi connectivity index (χ3v) is 3.90. The summed E-state index contributed by atoms with van der Waals surface area (Å²) in [6.07, 6.45) is 0. The van der Waals surface area contributed by atoms with Crippen LogP contribution in [0.3, 0.4) is 0 Å². The highest BCUT2D eigenvalue weighted by molar-refractivity contribution is 5.92. The Hall–Kier alpha value is -3.22. The zero-order valence-electron chi connectivity index (χ0n) is 14.6. The van der Waals surface area contributed by atoms with Crippen LogP contribution in [0, 0.1) is 0 Å². The Labute approximate surface area is 151 Å². The molecule has 0 radical (unpaired) electrons. The van der Waals surface area contributed by atoms with Gasteiger partial charge in [-0.05, 0) is 55.8 Å². The van der Waals surface area contributed by atoms with Crippen molar-refractivity contribution >= 4 is 17.7 Å². The molecule has 2 aromatic rings. The van der Waals surface area contributed by atoms with Crippen LogP contribution in [0.4, 0.5) is 10.5 Å². The number of rotatable bonds is 5. The van der Waals surface area contributed by atoms with Gasteiger partial charge in [0.05, 0.1) is 18.2 Å². The van der Waals surface area contributed by atoms with E-state index in [1.807, 2.05) is 25.1 Å². The highest BCUT2D eigenvalue weighted by Gasteiger charge is 2.17. The second-order valence-electron chi connectivity index (χ2n) is 5.73. The van der Waals surface area contributed by atoms with Gasteiger partial charge in [-0.3, -0.25) is 0 Å². The molecular weight excluding hydrogens is 336 g/mol. The molecule has 1 unspecified atom stereocenters. The van der Waals surface area contributed by atoms with Crippen LogP contribution in [0.15, 0.2) is 42.5 Å². The third-order valence-electron chi connectivity index (χ3n) is 3.90. The quantitative estimate of drug-likeness (QED) is 0.801. The monoisotopic (exact) mass is 356 g/mol. The van der Waals surface area contributed by atoms with E-state index in [2.05, 4.69) is 10.6 Å². The van der Waals surface area contributed by atoms with Crippen LogP contribution in [0.1, 0.15) is 35.8 Å². The minimum Gasteiger partial charge on any atom is -0.462 e. The lowest BCUT2D eigenvalue weighted by Crippen LogP contribution is -2.31. The van der Waals surface area contributed by atoms with Crippen molar-refractivity contribution in [1.29, 1.82) is 0 Å². The fraction of sp³-hybridized carbons (Fsp3) is 0.263. The molecular formula is C19H20N2O5. The molecule has 0 aromatic heterocycles. The van der Waals surface area contributed by atoms with Crippen molar-refractivity contribution in [2.75, 3.05) is 18.7 Å². The van der Waals surface area contributed by atoms with Gasteiger partial charge in [0.1, 0.15) is 0 Å². The number of anilines is 1. The third kappa shape index (κ3) is 4.05. The number of carbonyl (C=O) groups is 2. The minimum atomic E-state index is -0.389. The topological polar surface area (TPSA) is 85.9 Å². The molecule has 2 N–H and O–H groups in total. The molecule has 2 aromatic carbocycles. The van der Waals surface area contributed by atoms with Gasteiger partial charge in [0, 0.05) is 5.69 Å². The molecule has 3 rings (SSSR count). The Morgan fingerprint density at radius 1 is 1.12 bits per heavy atom. The Bertz CT molecular complexity index is 804. The first kappa shape index (κ1) is 17.6. The molecule has 0 aliphatic carbocycles. The molecule has 1 heterocycles. The van der Waals surface area contributed by atoms with Crippen molar-refractivity contribution in [1.82, 2.24) is 5.32 Å². The summed E-state index contributed by atoms with van der Waals surface area (Å²) in [6.45, 7) is 4.16. The molecule has 0 fully saturated rings. The van der Waals surface area contributed by atoms with Gasteiger partial charge in [-0.15, -0.1) is 0 Å². The van der Waals surface area contributed by atoms with Gasteiger partial charge in [0.25, 0.3) is 0 Å². The fourth-order valence-corrected chi connectivity index (χ4v) is 2.53. The summed E-state index contributed by atoms with van der Waals surface area (Å²) in [5.41, 5.74) is 1.92. The summed E-state index contributed by atoms with van der Waals surface area (Å²) >= 11 is 0. The van der Waals surface area contributed by atoms with Gasteiger partial charge in [0.15, 0.2) is 11.5 Å². The predicted octanol–water partition coefficient (Wildman–Crippen LogP) is 3.47. The van der Waals surface area contributed by atoms with Crippen LogP contribution in [0.25, 0.3) is 0 Å². The summed E-state index contributed by atoms with van der Waals surface area (Å²) in [5.74, 6) is 0.984. The van der Waals surface area contributed by atoms with Gasteiger partial charge in [-0.1, -0.05) is 6.07 Å². The lowest BCUT2D eigenvalue weighted by molar-refractivity contribution is 0.0526. The van der Waals surface area contributed by atoms with Crippen molar-refractivity contribution in [3.05, 3.63) is 53.6 Å². The van der Waals surface area contributed by atoms with Crippen molar-refractivity contribution in [2.45, 2.75) is 19.9 Å². The molecule has 0 spiro atoms. The predicted molar refractivity (Wildman–Crippen MR) is 95.5 cm³/mol. The highest BCUT2D eigenvalue weighted by atomic mass is 16.7. The number of benzene rings is 2. The molecule has 7 heteroatoms. The number of nitrogens with one attached hydrogen (secondary N) is 2. The highest BCUT2D eigenvalue weighted by Crippen LogP contribution is 2.34. The Balaban J connectivity index is 1.57. The first-order valence-electron chi connectivity index (χ1n) is 8.31. The smallest absolute Gasteiger partial charge is 0.338 e. The maximum atomic E-state index is 12.2. The fourth-order valence-electron chi connectivity index (χ4n) is 2.53. The number of fused-ring (bicyclic) bond motifs is 1. The average molecular weight is 356 g/mol. The lowest BCUT2D eigenvalue weighted by atomic mass is 10.1. The zero-order valence-corrected chi connectivity index (χ0v) is 14.6. The maximum absolute atomic E-state index is 12.2. The molecule has 136 valence electrons. The summed E-state index contributed by atoms with van der Waals surface area (Å²) in [4.78, 5) is 23.8. The number of urea groups is 1. The number of esters is 1. The molecule has 1 aliphatic rings. The number of hydrogen-bond acceptors (Lipinski definition) is 5. The summed E-state index contributed by atoms with van der Waals surface area (Å²) in [5, 5.41) is 5.59. The number of hydrogen-bond donors (Lipinski definition) is 2. The van der Waals surface area contributed by atoms with Gasteiger partial charge >= 0.3 is 12.0 Å².